The van der Waals surface area contributed by atoms with E-state index in [2.05, 4.69) is 28.6 Å². The second-order valence-electron chi connectivity index (χ2n) is 5.02. The Labute approximate surface area is 118 Å². The van der Waals surface area contributed by atoms with Gasteiger partial charge in [0.25, 0.3) is 0 Å². The summed E-state index contributed by atoms with van der Waals surface area (Å²) in [5.74, 6) is -0.122. The summed E-state index contributed by atoms with van der Waals surface area (Å²) in [5, 5.41) is -0.0963. The summed E-state index contributed by atoms with van der Waals surface area (Å²) in [6.45, 7) is 8.14. The Morgan fingerprint density at radius 1 is 1.53 bits per heavy atom. The highest BCUT2D eigenvalue weighted by atomic mass is 35.5. The van der Waals surface area contributed by atoms with Crippen LogP contribution >= 0.6 is 11.6 Å². The van der Waals surface area contributed by atoms with Crippen molar-refractivity contribution in [1.82, 2.24) is 9.88 Å². The first-order valence-corrected chi connectivity index (χ1v) is 7.01. The minimum absolute atomic E-state index is 0.0963. The summed E-state index contributed by atoms with van der Waals surface area (Å²) in [6.07, 6.45) is 1.15. The number of pyridine rings is 1. The van der Waals surface area contributed by atoms with E-state index >= 15 is 0 Å². The third-order valence-corrected chi connectivity index (χ3v) is 3.85. The maximum absolute atomic E-state index is 13.6. The highest BCUT2D eigenvalue weighted by Crippen LogP contribution is 2.27. The molecule has 19 heavy (non-hydrogen) atoms. The number of hydrogen-bond donors (Lipinski definition) is 1. The maximum atomic E-state index is 13.6. The van der Waals surface area contributed by atoms with Crippen LogP contribution in [0.4, 0.5) is 15.9 Å². The molecule has 2 N–H and O–H groups in total. The van der Waals surface area contributed by atoms with Crippen molar-refractivity contribution in [3.8, 4) is 0 Å². The van der Waals surface area contributed by atoms with Crippen LogP contribution in [0.15, 0.2) is 6.07 Å². The van der Waals surface area contributed by atoms with E-state index in [-0.39, 0.29) is 16.8 Å². The van der Waals surface area contributed by atoms with Crippen LogP contribution in [0.2, 0.25) is 5.02 Å². The van der Waals surface area contributed by atoms with Crippen LogP contribution < -0.4 is 10.6 Å². The van der Waals surface area contributed by atoms with E-state index in [9.17, 15) is 4.39 Å². The van der Waals surface area contributed by atoms with Gasteiger partial charge >= 0.3 is 0 Å². The van der Waals surface area contributed by atoms with Crippen LogP contribution in [0.3, 0.4) is 0 Å². The molecule has 6 heteroatoms. The van der Waals surface area contributed by atoms with Gasteiger partial charge in [-0.05, 0) is 19.9 Å². The maximum Gasteiger partial charge on any atom is 0.235 e. The van der Waals surface area contributed by atoms with Crippen molar-refractivity contribution in [1.29, 1.82) is 0 Å². The van der Waals surface area contributed by atoms with E-state index in [0.717, 1.165) is 32.6 Å². The molecule has 0 amide bonds. The van der Waals surface area contributed by atoms with Gasteiger partial charge in [0, 0.05) is 31.7 Å². The van der Waals surface area contributed by atoms with E-state index < -0.39 is 5.95 Å². The zero-order valence-corrected chi connectivity index (χ0v) is 12.1. The molecule has 1 aliphatic rings. The summed E-state index contributed by atoms with van der Waals surface area (Å²) < 4.78 is 13.6. The number of nitrogen functional groups attached to an aromatic ring is 1. The summed E-state index contributed by atoms with van der Waals surface area (Å²) >= 11 is 5.70. The molecule has 4 nitrogen and oxygen atoms in total. The smallest absolute Gasteiger partial charge is 0.235 e. The number of nitrogens with zero attached hydrogens (tertiary/aromatic N) is 3. The summed E-state index contributed by atoms with van der Waals surface area (Å²) in [6, 6.07) is 1.94. The third-order valence-electron chi connectivity index (χ3n) is 3.48. The van der Waals surface area contributed by atoms with Gasteiger partial charge in [-0.1, -0.05) is 18.5 Å². The van der Waals surface area contributed by atoms with E-state index in [1.54, 1.807) is 6.07 Å². The molecule has 0 unspecified atom stereocenters. The first kappa shape index (κ1) is 14.3. The van der Waals surface area contributed by atoms with E-state index in [1.807, 2.05) is 0 Å². The lowest BCUT2D eigenvalue weighted by atomic mass is 10.2. The van der Waals surface area contributed by atoms with Crippen LogP contribution in [0.25, 0.3) is 0 Å². The van der Waals surface area contributed by atoms with Crippen molar-refractivity contribution in [2.24, 2.45) is 0 Å². The predicted octanol–water partition coefficient (Wildman–Crippen LogP) is 2.38. The van der Waals surface area contributed by atoms with Gasteiger partial charge in [-0.15, -0.1) is 0 Å². The first-order valence-electron chi connectivity index (χ1n) is 6.63. The lowest BCUT2D eigenvalue weighted by Crippen LogP contribution is -2.52. The normalized spacial score (nSPS) is 20.8. The van der Waals surface area contributed by atoms with Crippen LogP contribution in [0.1, 0.15) is 20.3 Å². The molecule has 0 spiro atoms. The van der Waals surface area contributed by atoms with Crippen molar-refractivity contribution in [2.45, 2.75) is 26.3 Å². The Balaban J connectivity index is 2.15. The fourth-order valence-electron chi connectivity index (χ4n) is 2.54. The molecule has 0 radical (unpaired) electrons. The lowest BCUT2D eigenvalue weighted by molar-refractivity contribution is 0.228. The molecule has 1 saturated heterocycles. The van der Waals surface area contributed by atoms with Gasteiger partial charge in [-0.2, -0.15) is 4.39 Å². The molecule has 0 aliphatic carbocycles. The van der Waals surface area contributed by atoms with Crippen molar-refractivity contribution in [3.63, 3.8) is 0 Å². The van der Waals surface area contributed by atoms with Gasteiger partial charge in [0.1, 0.15) is 10.8 Å². The van der Waals surface area contributed by atoms with Crippen LogP contribution in [0.5, 0.6) is 0 Å². The summed E-state index contributed by atoms with van der Waals surface area (Å²) in [4.78, 5) is 8.41. The fourth-order valence-corrected chi connectivity index (χ4v) is 2.64. The first-order chi connectivity index (χ1) is 9.02. The van der Waals surface area contributed by atoms with E-state index in [4.69, 9.17) is 17.3 Å². The van der Waals surface area contributed by atoms with Gasteiger partial charge in [0.15, 0.2) is 0 Å². The minimum Gasteiger partial charge on any atom is -0.397 e. The Morgan fingerprint density at radius 3 is 2.84 bits per heavy atom. The summed E-state index contributed by atoms with van der Waals surface area (Å²) in [7, 11) is 0. The molecule has 106 valence electrons. The largest absolute Gasteiger partial charge is 0.397 e. The molecular formula is C13H20ClFN4. The van der Waals surface area contributed by atoms with Crippen LogP contribution in [0, 0.1) is 5.95 Å². The lowest BCUT2D eigenvalue weighted by Gasteiger charge is -2.40. The fraction of sp³-hybridized carbons (Fsp3) is 0.615. The number of nitrogens with two attached hydrogens (primary N) is 1. The Hall–Kier alpha value is -1.07. The number of piperazine rings is 1. The molecule has 0 bridgehead atoms. The van der Waals surface area contributed by atoms with Crippen molar-refractivity contribution in [3.05, 3.63) is 17.0 Å². The standard InChI is InChI=1S/C13H20ClFN4/c1-3-4-18-5-6-19(9(2)8-18)11-7-10(16)12(14)13(15)17-11/h7,9H,3-6,8H2,1-2H3,(H2,16,17)/t9-/m0/s1. The van der Waals surface area contributed by atoms with Crippen molar-refractivity contribution in [2.75, 3.05) is 36.8 Å². The molecule has 1 fully saturated rings. The van der Waals surface area contributed by atoms with Crippen LogP contribution in [-0.2, 0) is 0 Å². The van der Waals surface area contributed by atoms with Crippen molar-refractivity contribution >= 4 is 23.1 Å². The Kier molecular flexibility index (Phi) is 4.47. The van der Waals surface area contributed by atoms with E-state index in [1.165, 1.54) is 0 Å². The SMILES string of the molecule is CCCN1CCN(c2cc(N)c(Cl)c(F)n2)[C@@H](C)C1. The van der Waals surface area contributed by atoms with Crippen molar-refractivity contribution < 1.29 is 4.39 Å². The summed E-state index contributed by atoms with van der Waals surface area (Å²) in [5.41, 5.74) is 5.94. The Bertz CT molecular complexity index is 431. The molecule has 2 heterocycles. The van der Waals surface area contributed by atoms with Gasteiger partial charge in [0.05, 0.1) is 5.69 Å². The van der Waals surface area contributed by atoms with Gasteiger partial charge in [0.2, 0.25) is 5.95 Å². The topological polar surface area (TPSA) is 45.4 Å². The molecular weight excluding hydrogens is 267 g/mol. The molecule has 1 aromatic heterocycles. The number of rotatable bonds is 3. The number of halogens is 2. The third kappa shape index (κ3) is 3.09. The monoisotopic (exact) mass is 286 g/mol. The van der Waals surface area contributed by atoms with Gasteiger partial charge in [-0.3, -0.25) is 4.90 Å². The number of anilines is 2. The molecule has 2 rings (SSSR count). The van der Waals surface area contributed by atoms with Gasteiger partial charge < -0.3 is 10.6 Å². The van der Waals surface area contributed by atoms with Crippen LogP contribution in [-0.4, -0.2) is 42.1 Å². The van der Waals surface area contributed by atoms with E-state index in [0.29, 0.717) is 5.82 Å². The molecule has 0 aromatic carbocycles. The molecule has 1 aliphatic heterocycles. The average molecular weight is 287 g/mol. The number of hydrogen-bond acceptors (Lipinski definition) is 4. The predicted molar refractivity (Wildman–Crippen MR) is 77.2 cm³/mol. The molecule has 1 aromatic rings. The highest BCUT2D eigenvalue weighted by Gasteiger charge is 2.25. The quantitative estimate of drug-likeness (QED) is 0.867. The highest BCUT2D eigenvalue weighted by molar-refractivity contribution is 6.33. The molecule has 1 atom stereocenters. The van der Waals surface area contributed by atoms with Gasteiger partial charge in [-0.25, -0.2) is 4.98 Å². The zero-order chi connectivity index (χ0) is 14.0. The minimum atomic E-state index is -0.695. The second kappa shape index (κ2) is 5.92. The molecule has 0 saturated carbocycles. The Morgan fingerprint density at radius 2 is 2.26 bits per heavy atom. The second-order valence-corrected chi connectivity index (χ2v) is 5.40. The zero-order valence-electron chi connectivity index (χ0n) is 11.4. The number of aromatic nitrogens is 1. The average Bonchev–Trinajstić information content (AvgIpc) is 2.36.